The number of carbonyl (C=O) groups is 1. The second-order valence-electron chi connectivity index (χ2n) is 5.06. The number of aliphatic carboxylic acids is 1. The zero-order valence-electron chi connectivity index (χ0n) is 10.8. The van der Waals surface area contributed by atoms with E-state index < -0.39 is 11.4 Å². The van der Waals surface area contributed by atoms with Crippen molar-refractivity contribution in [3.63, 3.8) is 0 Å². The molecule has 2 nitrogen and oxygen atoms in total. The average Bonchev–Trinajstić information content (AvgIpc) is 2.39. The zero-order valence-corrected chi connectivity index (χ0v) is 10.8. The SMILES string of the molecule is CC(C)C1(C(=O)O)C=CC(c2ccccc2)=CC1. The molecule has 0 radical (unpaired) electrons. The van der Waals surface area contributed by atoms with Crippen LogP contribution in [-0.2, 0) is 4.79 Å². The average molecular weight is 242 g/mol. The predicted octanol–water partition coefficient (Wildman–Crippen LogP) is 3.76. The third kappa shape index (κ3) is 2.10. The molecule has 0 fully saturated rings. The van der Waals surface area contributed by atoms with Gasteiger partial charge in [0.25, 0.3) is 0 Å². The van der Waals surface area contributed by atoms with Crippen LogP contribution >= 0.6 is 0 Å². The first-order chi connectivity index (χ1) is 8.56. The molecule has 1 aromatic rings. The summed E-state index contributed by atoms with van der Waals surface area (Å²) in [4.78, 5) is 11.5. The smallest absolute Gasteiger partial charge is 0.314 e. The molecule has 1 aromatic carbocycles. The fraction of sp³-hybridized carbons (Fsp3) is 0.312. The lowest BCUT2D eigenvalue weighted by Crippen LogP contribution is -2.35. The van der Waals surface area contributed by atoms with Crippen LogP contribution in [0.1, 0.15) is 25.8 Å². The van der Waals surface area contributed by atoms with Crippen molar-refractivity contribution in [3.05, 3.63) is 54.1 Å². The molecule has 0 saturated heterocycles. The Labute approximate surface area is 108 Å². The van der Waals surface area contributed by atoms with Gasteiger partial charge in [0.05, 0.1) is 5.41 Å². The summed E-state index contributed by atoms with van der Waals surface area (Å²) in [5.41, 5.74) is 1.49. The summed E-state index contributed by atoms with van der Waals surface area (Å²) in [6.45, 7) is 3.92. The van der Waals surface area contributed by atoms with Crippen molar-refractivity contribution in [2.75, 3.05) is 0 Å². The Morgan fingerprint density at radius 1 is 1.28 bits per heavy atom. The maximum absolute atomic E-state index is 11.5. The maximum Gasteiger partial charge on any atom is 0.314 e. The Hall–Kier alpha value is -1.83. The van der Waals surface area contributed by atoms with E-state index in [-0.39, 0.29) is 5.92 Å². The summed E-state index contributed by atoms with van der Waals surface area (Å²) in [5.74, 6) is -0.656. The van der Waals surface area contributed by atoms with Crippen LogP contribution in [-0.4, -0.2) is 11.1 Å². The first kappa shape index (κ1) is 12.6. The minimum atomic E-state index is -0.752. The maximum atomic E-state index is 11.5. The number of benzene rings is 1. The van der Waals surface area contributed by atoms with Crippen LogP contribution in [0.5, 0.6) is 0 Å². The summed E-state index contributed by atoms with van der Waals surface area (Å²) in [6, 6.07) is 10.0. The van der Waals surface area contributed by atoms with Crippen LogP contribution < -0.4 is 0 Å². The van der Waals surface area contributed by atoms with Crippen molar-refractivity contribution < 1.29 is 9.90 Å². The van der Waals surface area contributed by atoms with Gasteiger partial charge in [-0.15, -0.1) is 0 Å². The monoisotopic (exact) mass is 242 g/mol. The fourth-order valence-corrected chi connectivity index (χ4v) is 2.33. The largest absolute Gasteiger partial charge is 0.481 e. The molecule has 1 N–H and O–H groups in total. The molecule has 0 heterocycles. The van der Waals surface area contributed by atoms with Gasteiger partial charge in [0.2, 0.25) is 0 Å². The molecule has 0 amide bonds. The molecule has 1 aliphatic rings. The van der Waals surface area contributed by atoms with E-state index in [0.717, 1.165) is 11.1 Å². The van der Waals surface area contributed by atoms with Crippen molar-refractivity contribution in [1.82, 2.24) is 0 Å². The molecule has 2 rings (SSSR count). The Kier molecular flexibility index (Phi) is 3.37. The minimum absolute atomic E-state index is 0.0832. The number of carboxylic acids is 1. The van der Waals surface area contributed by atoms with E-state index in [1.807, 2.05) is 62.4 Å². The van der Waals surface area contributed by atoms with Gasteiger partial charge in [-0.25, -0.2) is 0 Å². The van der Waals surface area contributed by atoms with Gasteiger partial charge >= 0.3 is 5.97 Å². The summed E-state index contributed by atoms with van der Waals surface area (Å²) in [5, 5.41) is 9.44. The van der Waals surface area contributed by atoms with E-state index >= 15 is 0 Å². The molecule has 0 bridgehead atoms. The number of rotatable bonds is 3. The Morgan fingerprint density at radius 3 is 2.39 bits per heavy atom. The zero-order chi connectivity index (χ0) is 13.2. The van der Waals surface area contributed by atoms with Gasteiger partial charge in [-0.1, -0.05) is 62.4 Å². The highest BCUT2D eigenvalue weighted by molar-refractivity contribution is 5.83. The van der Waals surface area contributed by atoms with Crippen molar-refractivity contribution in [2.24, 2.45) is 11.3 Å². The molecular weight excluding hydrogens is 224 g/mol. The van der Waals surface area contributed by atoms with Crippen molar-refractivity contribution in [2.45, 2.75) is 20.3 Å². The molecule has 0 aliphatic heterocycles. The van der Waals surface area contributed by atoms with E-state index in [1.165, 1.54) is 0 Å². The standard InChI is InChI=1S/C16H18O2/c1-12(2)16(15(17)18)10-8-14(9-11-16)13-6-4-3-5-7-13/h3-10,12H,11H2,1-2H3,(H,17,18). The molecule has 1 aliphatic carbocycles. The van der Waals surface area contributed by atoms with Gasteiger partial charge < -0.3 is 5.11 Å². The molecule has 0 aromatic heterocycles. The lowest BCUT2D eigenvalue weighted by atomic mass is 9.71. The van der Waals surface area contributed by atoms with E-state index in [0.29, 0.717) is 6.42 Å². The molecule has 0 spiro atoms. The number of hydrogen-bond acceptors (Lipinski definition) is 1. The van der Waals surface area contributed by atoms with Crippen LogP contribution in [0, 0.1) is 11.3 Å². The first-order valence-electron chi connectivity index (χ1n) is 6.24. The van der Waals surface area contributed by atoms with E-state index in [9.17, 15) is 9.90 Å². The van der Waals surface area contributed by atoms with E-state index in [2.05, 4.69) is 0 Å². The predicted molar refractivity (Wildman–Crippen MR) is 73.1 cm³/mol. The molecule has 0 saturated carbocycles. The van der Waals surface area contributed by atoms with Gasteiger partial charge in [-0.3, -0.25) is 4.79 Å². The van der Waals surface area contributed by atoms with Crippen LogP contribution in [0.3, 0.4) is 0 Å². The lowest BCUT2D eigenvalue weighted by Gasteiger charge is -2.31. The highest BCUT2D eigenvalue weighted by Crippen LogP contribution is 2.39. The molecule has 18 heavy (non-hydrogen) atoms. The molecular formula is C16H18O2. The minimum Gasteiger partial charge on any atom is -0.481 e. The summed E-state index contributed by atoms with van der Waals surface area (Å²) in [7, 11) is 0. The van der Waals surface area contributed by atoms with Gasteiger partial charge in [-0.2, -0.15) is 0 Å². The molecule has 1 atom stereocenters. The topological polar surface area (TPSA) is 37.3 Å². The Morgan fingerprint density at radius 2 is 1.94 bits per heavy atom. The quantitative estimate of drug-likeness (QED) is 0.876. The normalized spacial score (nSPS) is 22.9. The number of carboxylic acid groups (broad SMARTS) is 1. The third-order valence-electron chi connectivity index (χ3n) is 3.76. The van der Waals surface area contributed by atoms with Crippen LogP contribution in [0.2, 0.25) is 0 Å². The highest BCUT2D eigenvalue weighted by atomic mass is 16.4. The van der Waals surface area contributed by atoms with Crippen molar-refractivity contribution in [3.8, 4) is 0 Å². The highest BCUT2D eigenvalue weighted by Gasteiger charge is 2.39. The second kappa shape index (κ2) is 4.81. The van der Waals surface area contributed by atoms with Crippen LogP contribution in [0.25, 0.3) is 5.57 Å². The first-order valence-corrected chi connectivity index (χ1v) is 6.24. The number of hydrogen-bond donors (Lipinski definition) is 1. The number of allylic oxidation sites excluding steroid dienone is 3. The van der Waals surface area contributed by atoms with Gasteiger partial charge in [0.15, 0.2) is 0 Å². The third-order valence-corrected chi connectivity index (χ3v) is 3.76. The Balaban J connectivity index is 2.28. The molecule has 1 unspecified atom stereocenters. The summed E-state index contributed by atoms with van der Waals surface area (Å²) >= 11 is 0. The lowest BCUT2D eigenvalue weighted by molar-refractivity contribution is -0.148. The van der Waals surface area contributed by atoms with E-state index in [4.69, 9.17) is 0 Å². The molecule has 2 heteroatoms. The van der Waals surface area contributed by atoms with Crippen LogP contribution in [0.15, 0.2) is 48.6 Å². The molecule has 94 valence electrons. The van der Waals surface area contributed by atoms with Crippen LogP contribution in [0.4, 0.5) is 0 Å². The Bertz CT molecular complexity index is 497. The van der Waals surface area contributed by atoms with Gasteiger partial charge in [0, 0.05) is 0 Å². The second-order valence-corrected chi connectivity index (χ2v) is 5.06. The van der Waals surface area contributed by atoms with Gasteiger partial charge in [0.1, 0.15) is 0 Å². The summed E-state index contributed by atoms with van der Waals surface area (Å²) in [6.07, 6.45) is 6.37. The van der Waals surface area contributed by atoms with Crippen molar-refractivity contribution in [1.29, 1.82) is 0 Å². The van der Waals surface area contributed by atoms with Gasteiger partial charge in [-0.05, 0) is 23.5 Å². The fourth-order valence-electron chi connectivity index (χ4n) is 2.33. The summed E-state index contributed by atoms with van der Waals surface area (Å²) < 4.78 is 0. The van der Waals surface area contributed by atoms with Crippen molar-refractivity contribution >= 4 is 11.5 Å². The van der Waals surface area contributed by atoms with E-state index in [1.54, 1.807) is 0 Å².